The molecule has 8 nitrogen and oxygen atoms in total. The highest BCUT2D eigenvalue weighted by Crippen LogP contribution is 2.28. The van der Waals surface area contributed by atoms with Crippen molar-refractivity contribution in [1.82, 2.24) is 14.8 Å². The summed E-state index contributed by atoms with van der Waals surface area (Å²) in [6.07, 6.45) is 1.20. The number of hydrogen-bond acceptors (Lipinski definition) is 5. The highest BCUT2D eigenvalue weighted by molar-refractivity contribution is 7.89. The zero-order valence-electron chi connectivity index (χ0n) is 15.6. The van der Waals surface area contributed by atoms with E-state index in [1.165, 1.54) is 23.9 Å². The minimum atomic E-state index is -4.04. The summed E-state index contributed by atoms with van der Waals surface area (Å²) < 4.78 is 39.6. The van der Waals surface area contributed by atoms with Gasteiger partial charge >= 0.3 is 0 Å². The van der Waals surface area contributed by atoms with Crippen molar-refractivity contribution in [2.75, 3.05) is 5.32 Å². The Morgan fingerprint density at radius 2 is 1.96 bits per heavy atom. The number of carbonyl (C=O) groups is 1. The van der Waals surface area contributed by atoms with Gasteiger partial charge in [-0.1, -0.05) is 11.6 Å². The van der Waals surface area contributed by atoms with E-state index in [9.17, 15) is 17.6 Å². The molecule has 0 saturated heterocycles. The van der Waals surface area contributed by atoms with Crippen LogP contribution in [0.2, 0.25) is 5.02 Å². The number of halogens is 2. The normalized spacial score (nSPS) is 11.9. The van der Waals surface area contributed by atoms with Crippen molar-refractivity contribution in [3.63, 3.8) is 0 Å². The lowest BCUT2D eigenvalue weighted by molar-refractivity contribution is 0.101. The molecule has 2 rings (SSSR count). The number of carbonyl (C=O) groups excluding carboxylic acids is 1. The van der Waals surface area contributed by atoms with Crippen molar-refractivity contribution in [2.24, 2.45) is 7.05 Å². The van der Waals surface area contributed by atoms with Crippen molar-refractivity contribution in [1.29, 1.82) is 5.26 Å². The molecule has 1 aromatic carbocycles. The van der Waals surface area contributed by atoms with Gasteiger partial charge in [0.1, 0.15) is 22.5 Å². The molecule has 0 aliphatic rings. The van der Waals surface area contributed by atoms with Crippen molar-refractivity contribution >= 4 is 33.2 Å². The number of aromatic nitrogens is 1. The Balaban J connectivity index is 2.33. The number of nitriles is 1. The molecule has 2 aromatic rings. The third-order valence-electron chi connectivity index (χ3n) is 3.50. The summed E-state index contributed by atoms with van der Waals surface area (Å²) >= 11 is 6.17. The molecule has 1 heterocycles. The van der Waals surface area contributed by atoms with E-state index in [-0.39, 0.29) is 26.9 Å². The van der Waals surface area contributed by atoms with E-state index in [0.29, 0.717) is 0 Å². The number of benzene rings is 1. The van der Waals surface area contributed by atoms with E-state index in [4.69, 9.17) is 16.9 Å². The summed E-state index contributed by atoms with van der Waals surface area (Å²) in [5.41, 5.74) is 1.91. The molecule has 0 fully saturated rings. The number of nitrogens with one attached hydrogen (secondary N) is 3. The fourth-order valence-electron chi connectivity index (χ4n) is 2.17. The first kappa shape index (κ1) is 21.8. The molecule has 1 aromatic heterocycles. The maximum absolute atomic E-state index is 13.4. The zero-order chi connectivity index (χ0) is 21.3. The number of amides is 1. The van der Waals surface area contributed by atoms with Crippen molar-refractivity contribution < 1.29 is 17.6 Å². The molecule has 0 aliphatic heterocycles. The standard InChI is InChI=1S/C17H19ClFN5O3S/c1-17(2,3)22-23-28(26,27)13-9-24(4)15(14(13)18)16(25)21-11-5-6-12(19)10(7-11)8-20/h5-7,9,22-23H,1-4H3,(H,21,25). The molecule has 150 valence electrons. The Morgan fingerprint density at radius 1 is 1.32 bits per heavy atom. The van der Waals surface area contributed by atoms with E-state index in [2.05, 4.69) is 15.6 Å². The molecule has 0 spiro atoms. The summed E-state index contributed by atoms with van der Waals surface area (Å²) in [6, 6.07) is 5.15. The highest BCUT2D eigenvalue weighted by atomic mass is 35.5. The fraction of sp³-hybridized carbons (Fsp3) is 0.294. The Morgan fingerprint density at radius 3 is 2.54 bits per heavy atom. The lowest BCUT2D eigenvalue weighted by Crippen LogP contribution is -2.48. The molecule has 11 heteroatoms. The lowest BCUT2D eigenvalue weighted by atomic mass is 10.1. The topological polar surface area (TPSA) is 116 Å². The van der Waals surface area contributed by atoms with Crippen molar-refractivity contribution in [3.8, 4) is 6.07 Å². The van der Waals surface area contributed by atoms with Crippen LogP contribution in [0.4, 0.5) is 10.1 Å². The van der Waals surface area contributed by atoms with Gasteiger partial charge in [-0.05, 0) is 39.0 Å². The SMILES string of the molecule is Cn1cc(S(=O)(=O)NNC(C)(C)C)c(Cl)c1C(=O)Nc1ccc(F)c(C#N)c1. The lowest BCUT2D eigenvalue weighted by Gasteiger charge is -2.20. The molecule has 1 amide bonds. The van der Waals surface area contributed by atoms with Crippen LogP contribution in [0.15, 0.2) is 29.3 Å². The quantitative estimate of drug-likeness (QED) is 0.634. The Bertz CT molecular complexity index is 1070. The Kier molecular flexibility index (Phi) is 6.15. The van der Waals surface area contributed by atoms with Crippen LogP contribution in [0, 0.1) is 17.1 Å². The van der Waals surface area contributed by atoms with E-state index < -0.39 is 27.3 Å². The van der Waals surface area contributed by atoms with E-state index in [1.54, 1.807) is 26.8 Å². The number of nitrogens with zero attached hydrogens (tertiary/aromatic N) is 2. The van der Waals surface area contributed by atoms with Gasteiger partial charge in [0.05, 0.1) is 10.6 Å². The van der Waals surface area contributed by atoms with E-state index >= 15 is 0 Å². The van der Waals surface area contributed by atoms with Gasteiger partial charge in [-0.3, -0.25) is 4.79 Å². The Labute approximate surface area is 167 Å². The fourth-order valence-corrected chi connectivity index (χ4v) is 3.92. The first-order valence-electron chi connectivity index (χ1n) is 8.00. The minimum absolute atomic E-state index is 0.111. The highest BCUT2D eigenvalue weighted by Gasteiger charge is 2.28. The van der Waals surface area contributed by atoms with Crippen LogP contribution in [0.1, 0.15) is 36.8 Å². The number of hydrogen-bond donors (Lipinski definition) is 3. The van der Waals surface area contributed by atoms with Crippen LogP contribution in [0.3, 0.4) is 0 Å². The molecule has 0 saturated carbocycles. The largest absolute Gasteiger partial charge is 0.344 e. The summed E-state index contributed by atoms with van der Waals surface area (Å²) in [6.45, 7) is 5.29. The van der Waals surface area contributed by atoms with Gasteiger partial charge in [-0.2, -0.15) is 5.26 Å². The van der Waals surface area contributed by atoms with Crippen LogP contribution in [0.25, 0.3) is 0 Å². The predicted octanol–water partition coefficient (Wildman–Crippen LogP) is 2.52. The first-order chi connectivity index (χ1) is 12.9. The second-order valence-corrected chi connectivity index (χ2v) is 9.04. The maximum Gasteiger partial charge on any atom is 0.273 e. The molecule has 3 N–H and O–H groups in total. The molecule has 0 aliphatic carbocycles. The number of rotatable bonds is 5. The third-order valence-corrected chi connectivity index (χ3v) is 5.25. The van der Waals surface area contributed by atoms with Gasteiger partial charge < -0.3 is 9.88 Å². The molecule has 0 bridgehead atoms. The average Bonchev–Trinajstić information content (AvgIpc) is 2.89. The molecular formula is C17H19ClFN5O3S. The van der Waals surface area contributed by atoms with Gasteiger partial charge in [0.15, 0.2) is 0 Å². The minimum Gasteiger partial charge on any atom is -0.344 e. The van der Waals surface area contributed by atoms with E-state index in [1.807, 2.05) is 0 Å². The second kappa shape index (κ2) is 7.89. The average molecular weight is 428 g/mol. The second-order valence-electron chi connectivity index (χ2n) is 7.01. The monoisotopic (exact) mass is 427 g/mol. The van der Waals surface area contributed by atoms with Crippen molar-refractivity contribution in [2.45, 2.75) is 31.2 Å². The van der Waals surface area contributed by atoms with Gasteiger partial charge in [-0.15, -0.1) is 4.83 Å². The van der Waals surface area contributed by atoms with Crippen LogP contribution in [0.5, 0.6) is 0 Å². The smallest absolute Gasteiger partial charge is 0.273 e. The van der Waals surface area contributed by atoms with Gasteiger partial charge in [-0.25, -0.2) is 18.2 Å². The van der Waals surface area contributed by atoms with Crippen LogP contribution < -0.4 is 15.6 Å². The number of sulfonamides is 1. The van der Waals surface area contributed by atoms with Crippen LogP contribution in [-0.4, -0.2) is 24.4 Å². The van der Waals surface area contributed by atoms with Crippen LogP contribution >= 0.6 is 11.6 Å². The predicted molar refractivity (Wildman–Crippen MR) is 103 cm³/mol. The number of anilines is 1. The summed E-state index contributed by atoms with van der Waals surface area (Å²) in [5, 5.41) is 11.1. The zero-order valence-corrected chi connectivity index (χ0v) is 17.2. The third kappa shape index (κ3) is 4.88. The van der Waals surface area contributed by atoms with E-state index in [0.717, 1.165) is 12.1 Å². The summed E-state index contributed by atoms with van der Waals surface area (Å²) in [4.78, 5) is 14.5. The summed E-state index contributed by atoms with van der Waals surface area (Å²) in [7, 11) is -2.57. The molecular weight excluding hydrogens is 409 g/mol. The number of hydrazine groups is 1. The molecule has 0 radical (unpaired) electrons. The maximum atomic E-state index is 13.4. The van der Waals surface area contributed by atoms with Crippen molar-refractivity contribution in [3.05, 3.63) is 46.5 Å². The number of aryl methyl sites for hydroxylation is 1. The van der Waals surface area contributed by atoms with Gasteiger partial charge in [0.2, 0.25) is 0 Å². The molecule has 0 atom stereocenters. The van der Waals surface area contributed by atoms with Gasteiger partial charge in [0.25, 0.3) is 15.9 Å². The molecule has 28 heavy (non-hydrogen) atoms. The van der Waals surface area contributed by atoms with Gasteiger partial charge in [0, 0.05) is 24.5 Å². The molecule has 0 unspecified atom stereocenters. The summed E-state index contributed by atoms with van der Waals surface area (Å²) in [5.74, 6) is -1.43. The Hall–Kier alpha value is -2.45. The first-order valence-corrected chi connectivity index (χ1v) is 9.86. The van der Waals surface area contributed by atoms with Crippen LogP contribution in [-0.2, 0) is 17.1 Å².